The van der Waals surface area contributed by atoms with Crippen molar-refractivity contribution in [2.45, 2.75) is 0 Å². The lowest BCUT2D eigenvalue weighted by Crippen LogP contribution is -2.13. The van der Waals surface area contributed by atoms with Gasteiger partial charge in [0.05, 0.1) is 40.7 Å². The fraction of sp³-hybridized carbons (Fsp3) is 0.0625. The lowest BCUT2D eigenvalue weighted by atomic mass is 10.1. The van der Waals surface area contributed by atoms with Crippen LogP contribution in [-0.2, 0) is 4.74 Å². The minimum Gasteiger partial charge on any atom is -0.465 e. The Morgan fingerprint density at radius 1 is 1.17 bits per heavy atom. The van der Waals surface area contributed by atoms with Crippen LogP contribution in [0.25, 0.3) is 11.0 Å². The van der Waals surface area contributed by atoms with E-state index in [4.69, 9.17) is 11.6 Å². The Morgan fingerprint density at radius 2 is 1.96 bits per heavy atom. The van der Waals surface area contributed by atoms with E-state index in [2.05, 4.69) is 20.0 Å². The molecule has 0 saturated carbocycles. The maximum Gasteiger partial charge on any atom is 0.337 e. The first-order valence-corrected chi connectivity index (χ1v) is 7.08. The van der Waals surface area contributed by atoms with E-state index in [1.165, 1.54) is 25.3 Å². The number of rotatable bonds is 3. The zero-order valence-electron chi connectivity index (χ0n) is 12.1. The molecule has 23 heavy (non-hydrogen) atoms. The molecule has 7 heteroatoms. The number of carbonyl (C=O) groups is 2. The molecular weight excluding hydrogens is 318 g/mol. The average Bonchev–Trinajstić information content (AvgIpc) is 3.03. The number of H-pyrrole nitrogens is 1. The van der Waals surface area contributed by atoms with Crippen LogP contribution < -0.4 is 5.32 Å². The third-order valence-electron chi connectivity index (χ3n) is 3.32. The summed E-state index contributed by atoms with van der Waals surface area (Å²) in [6.07, 6.45) is 1.56. The smallest absolute Gasteiger partial charge is 0.337 e. The number of fused-ring (bicyclic) bond motifs is 1. The van der Waals surface area contributed by atoms with Gasteiger partial charge in [-0.05, 0) is 36.4 Å². The minimum atomic E-state index is -0.504. The fourth-order valence-electron chi connectivity index (χ4n) is 2.14. The van der Waals surface area contributed by atoms with Crippen molar-refractivity contribution in [1.29, 1.82) is 0 Å². The highest BCUT2D eigenvalue weighted by Gasteiger charge is 2.13. The molecule has 3 aromatic rings. The van der Waals surface area contributed by atoms with Gasteiger partial charge in [-0.15, -0.1) is 0 Å². The molecule has 1 amide bonds. The molecule has 3 rings (SSSR count). The van der Waals surface area contributed by atoms with Crippen molar-refractivity contribution in [2.24, 2.45) is 0 Å². The van der Waals surface area contributed by atoms with E-state index in [1.807, 2.05) is 0 Å². The number of imidazole rings is 1. The molecule has 1 heterocycles. The summed E-state index contributed by atoms with van der Waals surface area (Å²) in [5, 5.41) is 3.02. The summed E-state index contributed by atoms with van der Waals surface area (Å²) in [4.78, 5) is 31.0. The first-order valence-electron chi connectivity index (χ1n) is 6.71. The molecule has 2 aromatic carbocycles. The second kappa shape index (κ2) is 6.10. The predicted octanol–water partition coefficient (Wildman–Crippen LogP) is 3.26. The zero-order valence-corrected chi connectivity index (χ0v) is 12.8. The Labute approximate surface area is 136 Å². The van der Waals surface area contributed by atoms with Crippen molar-refractivity contribution in [3.05, 3.63) is 58.9 Å². The van der Waals surface area contributed by atoms with Gasteiger partial charge in [0.1, 0.15) is 0 Å². The molecular formula is C16H12ClN3O3. The summed E-state index contributed by atoms with van der Waals surface area (Å²) in [6.45, 7) is 0. The number of amides is 1. The third kappa shape index (κ3) is 3.02. The van der Waals surface area contributed by atoms with Crippen molar-refractivity contribution >= 4 is 40.2 Å². The molecule has 0 aliphatic heterocycles. The first-order chi connectivity index (χ1) is 11.1. The minimum absolute atomic E-state index is 0.302. The van der Waals surface area contributed by atoms with Crippen LogP contribution in [0.4, 0.5) is 5.69 Å². The van der Waals surface area contributed by atoms with Gasteiger partial charge in [0.2, 0.25) is 0 Å². The van der Waals surface area contributed by atoms with Crippen LogP contribution >= 0.6 is 11.6 Å². The Kier molecular flexibility index (Phi) is 3.99. The number of carbonyl (C=O) groups excluding carboxylic acids is 2. The van der Waals surface area contributed by atoms with Crippen LogP contribution in [0.15, 0.2) is 42.7 Å². The van der Waals surface area contributed by atoms with Gasteiger partial charge in [0, 0.05) is 5.56 Å². The second-order valence-electron chi connectivity index (χ2n) is 4.77. The highest BCUT2D eigenvalue weighted by molar-refractivity contribution is 6.34. The standard InChI is InChI=1S/C16H12ClN3O3/c1-23-16(22)10-2-4-11(17)13(7-10)20-15(21)9-3-5-12-14(6-9)19-8-18-12/h2-8H,1H3,(H,18,19)(H,20,21). The highest BCUT2D eigenvalue weighted by atomic mass is 35.5. The topological polar surface area (TPSA) is 84.1 Å². The first kappa shape index (κ1) is 15.1. The molecule has 1 aromatic heterocycles. The second-order valence-corrected chi connectivity index (χ2v) is 5.18. The maximum atomic E-state index is 12.4. The quantitative estimate of drug-likeness (QED) is 0.722. The Hall–Kier alpha value is -2.86. The number of aromatic nitrogens is 2. The van der Waals surface area contributed by atoms with E-state index in [1.54, 1.807) is 24.5 Å². The summed E-state index contributed by atoms with van der Waals surface area (Å²) >= 11 is 6.07. The average molecular weight is 330 g/mol. The molecule has 0 aliphatic carbocycles. The van der Waals surface area contributed by atoms with Crippen molar-refractivity contribution in [2.75, 3.05) is 12.4 Å². The number of methoxy groups -OCH3 is 1. The number of nitrogens with one attached hydrogen (secondary N) is 2. The highest BCUT2D eigenvalue weighted by Crippen LogP contribution is 2.24. The molecule has 0 fully saturated rings. The van der Waals surface area contributed by atoms with Gasteiger partial charge in [-0.2, -0.15) is 0 Å². The van der Waals surface area contributed by atoms with Crippen LogP contribution in [0.5, 0.6) is 0 Å². The molecule has 6 nitrogen and oxygen atoms in total. The van der Waals surface area contributed by atoms with Gasteiger partial charge in [-0.1, -0.05) is 11.6 Å². The summed E-state index contributed by atoms with van der Waals surface area (Å²) in [5.41, 5.74) is 2.61. The molecule has 116 valence electrons. The number of hydrogen-bond donors (Lipinski definition) is 2. The molecule has 0 radical (unpaired) electrons. The largest absolute Gasteiger partial charge is 0.465 e. The summed E-state index contributed by atoms with van der Waals surface area (Å²) < 4.78 is 4.65. The van der Waals surface area contributed by atoms with E-state index in [-0.39, 0.29) is 5.91 Å². The normalized spacial score (nSPS) is 10.5. The number of anilines is 1. The van der Waals surface area contributed by atoms with Crippen molar-refractivity contribution in [3.8, 4) is 0 Å². The number of ether oxygens (including phenoxy) is 1. The molecule has 0 unspecified atom stereocenters. The van der Waals surface area contributed by atoms with Crippen molar-refractivity contribution in [3.63, 3.8) is 0 Å². The molecule has 0 bridgehead atoms. The van der Waals surface area contributed by atoms with Crippen molar-refractivity contribution in [1.82, 2.24) is 9.97 Å². The third-order valence-corrected chi connectivity index (χ3v) is 3.65. The van der Waals surface area contributed by atoms with Gasteiger partial charge in [0.25, 0.3) is 5.91 Å². The van der Waals surface area contributed by atoms with Gasteiger partial charge >= 0.3 is 5.97 Å². The zero-order chi connectivity index (χ0) is 16.4. The Balaban J connectivity index is 1.88. The van der Waals surface area contributed by atoms with Crippen LogP contribution in [0.3, 0.4) is 0 Å². The van der Waals surface area contributed by atoms with E-state index < -0.39 is 5.97 Å². The number of aromatic amines is 1. The number of esters is 1. The van der Waals surface area contributed by atoms with Crippen molar-refractivity contribution < 1.29 is 14.3 Å². The predicted molar refractivity (Wildman–Crippen MR) is 86.8 cm³/mol. The van der Waals surface area contributed by atoms with E-state index in [0.29, 0.717) is 21.8 Å². The van der Waals surface area contributed by atoms with Gasteiger partial charge in [-0.25, -0.2) is 9.78 Å². The molecule has 0 spiro atoms. The SMILES string of the molecule is COC(=O)c1ccc(Cl)c(NC(=O)c2ccc3nc[nH]c3c2)c1. The van der Waals surface area contributed by atoms with E-state index >= 15 is 0 Å². The van der Waals surface area contributed by atoms with Crippen LogP contribution in [0, 0.1) is 0 Å². The summed E-state index contributed by atoms with van der Waals surface area (Å²) in [5.74, 6) is -0.846. The van der Waals surface area contributed by atoms with Gasteiger partial charge in [-0.3, -0.25) is 4.79 Å². The van der Waals surface area contributed by atoms with Gasteiger partial charge < -0.3 is 15.0 Å². The number of halogens is 1. The molecule has 0 aliphatic rings. The molecule has 0 saturated heterocycles. The molecule has 2 N–H and O–H groups in total. The monoisotopic (exact) mass is 329 g/mol. The number of hydrogen-bond acceptors (Lipinski definition) is 4. The Bertz CT molecular complexity index is 904. The lowest BCUT2D eigenvalue weighted by molar-refractivity contribution is 0.0600. The van der Waals surface area contributed by atoms with Crippen LogP contribution in [0.2, 0.25) is 5.02 Å². The van der Waals surface area contributed by atoms with Crippen LogP contribution in [0.1, 0.15) is 20.7 Å². The Morgan fingerprint density at radius 3 is 2.74 bits per heavy atom. The summed E-state index contributed by atoms with van der Waals surface area (Å²) in [7, 11) is 1.29. The van der Waals surface area contributed by atoms with Gasteiger partial charge in [0.15, 0.2) is 0 Å². The number of nitrogens with zero attached hydrogens (tertiary/aromatic N) is 1. The van der Waals surface area contributed by atoms with E-state index in [0.717, 1.165) is 11.0 Å². The molecule has 0 atom stereocenters. The maximum absolute atomic E-state index is 12.4. The lowest BCUT2D eigenvalue weighted by Gasteiger charge is -2.09. The van der Waals surface area contributed by atoms with E-state index in [9.17, 15) is 9.59 Å². The number of benzene rings is 2. The van der Waals surface area contributed by atoms with Crippen LogP contribution in [-0.4, -0.2) is 29.0 Å². The summed E-state index contributed by atoms with van der Waals surface area (Å²) in [6, 6.07) is 9.63. The fourth-order valence-corrected chi connectivity index (χ4v) is 2.30.